The average Bonchev–Trinajstić information content (AvgIpc) is 2.59. The average molecular weight is 309 g/mol. The Labute approximate surface area is 118 Å². The van der Waals surface area contributed by atoms with Gasteiger partial charge >= 0.3 is 6.18 Å². The van der Waals surface area contributed by atoms with Gasteiger partial charge in [0.1, 0.15) is 0 Å². The molecule has 0 saturated heterocycles. The predicted octanol–water partition coefficient (Wildman–Crippen LogP) is 4.65. The van der Waals surface area contributed by atoms with E-state index in [2.05, 4.69) is 10.3 Å². The second-order valence-electron chi connectivity index (χ2n) is 4.83. The lowest BCUT2D eigenvalue weighted by atomic mass is 10.1. The number of hydrogen-bond donors (Lipinski definition) is 1. The fraction of sp³-hybridized carbons (Fsp3) is 0.417. The van der Waals surface area contributed by atoms with E-state index in [9.17, 15) is 13.2 Å². The highest BCUT2D eigenvalue weighted by atomic mass is 35.5. The SMILES string of the molecule is CC1(C)CSC(Nc2ccc(Cl)cc2C(F)(F)F)=N1. The quantitative estimate of drug-likeness (QED) is 0.816. The lowest BCUT2D eigenvalue weighted by Crippen LogP contribution is -2.16. The largest absolute Gasteiger partial charge is 0.418 e. The molecule has 2 nitrogen and oxygen atoms in total. The molecule has 104 valence electrons. The molecule has 1 aliphatic heterocycles. The Bertz CT molecular complexity index is 526. The Hall–Kier alpha value is -0.880. The molecule has 1 aliphatic rings. The molecule has 1 heterocycles. The van der Waals surface area contributed by atoms with E-state index in [1.807, 2.05) is 13.8 Å². The number of rotatable bonds is 1. The lowest BCUT2D eigenvalue weighted by Gasteiger charge is -2.14. The number of anilines is 1. The standard InChI is InChI=1S/C12H12ClF3N2S/c1-11(2)6-19-10(18-11)17-9-4-3-7(13)5-8(9)12(14,15)16/h3-5H,6H2,1-2H3,(H,17,18). The summed E-state index contributed by atoms with van der Waals surface area (Å²) in [5.74, 6) is 0.740. The fourth-order valence-electron chi connectivity index (χ4n) is 1.62. The molecule has 0 bridgehead atoms. The van der Waals surface area contributed by atoms with Gasteiger partial charge in [0, 0.05) is 10.8 Å². The molecule has 0 spiro atoms. The number of nitrogens with zero attached hydrogens (tertiary/aromatic N) is 1. The van der Waals surface area contributed by atoms with Crippen molar-refractivity contribution < 1.29 is 13.2 Å². The third-order valence-corrected chi connectivity index (χ3v) is 4.05. The monoisotopic (exact) mass is 308 g/mol. The molecule has 0 atom stereocenters. The third-order valence-electron chi connectivity index (χ3n) is 2.49. The molecule has 0 aromatic heterocycles. The van der Waals surface area contributed by atoms with Crippen molar-refractivity contribution in [2.24, 2.45) is 4.99 Å². The van der Waals surface area contributed by atoms with E-state index in [0.717, 1.165) is 11.8 Å². The molecule has 1 aromatic rings. The molecule has 19 heavy (non-hydrogen) atoms. The van der Waals surface area contributed by atoms with Crippen LogP contribution in [0.1, 0.15) is 19.4 Å². The zero-order valence-corrected chi connectivity index (χ0v) is 11.9. The lowest BCUT2D eigenvalue weighted by molar-refractivity contribution is -0.136. The molecule has 1 N–H and O–H groups in total. The van der Waals surface area contributed by atoms with E-state index in [1.165, 1.54) is 23.9 Å². The highest BCUT2D eigenvalue weighted by Gasteiger charge is 2.35. The summed E-state index contributed by atoms with van der Waals surface area (Å²) in [7, 11) is 0. The number of amidine groups is 1. The van der Waals surface area contributed by atoms with Gasteiger partial charge in [-0.3, -0.25) is 4.99 Å². The molecule has 0 unspecified atom stereocenters. The zero-order chi connectivity index (χ0) is 14.3. The van der Waals surface area contributed by atoms with Gasteiger partial charge in [0.15, 0.2) is 5.17 Å². The summed E-state index contributed by atoms with van der Waals surface area (Å²) in [5.41, 5.74) is -1.06. The van der Waals surface area contributed by atoms with Gasteiger partial charge in [-0.15, -0.1) is 0 Å². The molecule has 0 radical (unpaired) electrons. The normalized spacial score (nSPS) is 18.3. The van der Waals surface area contributed by atoms with Crippen LogP contribution in [0.2, 0.25) is 5.02 Å². The molecular formula is C12H12ClF3N2S. The highest BCUT2D eigenvalue weighted by Crippen LogP contribution is 2.37. The van der Waals surface area contributed by atoms with E-state index in [-0.39, 0.29) is 16.2 Å². The molecule has 7 heteroatoms. The maximum atomic E-state index is 12.9. The van der Waals surface area contributed by atoms with Gasteiger partial charge in [-0.1, -0.05) is 23.4 Å². The molecular weight excluding hydrogens is 297 g/mol. The topological polar surface area (TPSA) is 24.4 Å². The van der Waals surface area contributed by atoms with Gasteiger partial charge in [0.2, 0.25) is 0 Å². The fourth-order valence-corrected chi connectivity index (χ4v) is 2.84. The zero-order valence-electron chi connectivity index (χ0n) is 10.3. The summed E-state index contributed by atoms with van der Waals surface area (Å²) in [5, 5.41) is 3.29. The van der Waals surface area contributed by atoms with Gasteiger partial charge in [-0.05, 0) is 32.0 Å². The molecule has 0 fully saturated rings. The van der Waals surface area contributed by atoms with Crippen molar-refractivity contribution in [2.45, 2.75) is 25.6 Å². The van der Waals surface area contributed by atoms with Crippen LogP contribution >= 0.6 is 23.4 Å². The maximum absolute atomic E-state index is 12.9. The van der Waals surface area contributed by atoms with Crippen LogP contribution in [-0.4, -0.2) is 16.5 Å². The number of thioether (sulfide) groups is 1. The molecule has 0 amide bonds. The number of nitrogens with one attached hydrogen (secondary N) is 1. The Balaban J connectivity index is 2.31. The molecule has 0 aliphatic carbocycles. The Kier molecular flexibility index (Phi) is 3.75. The minimum absolute atomic E-state index is 0.0270. The van der Waals surface area contributed by atoms with Crippen molar-refractivity contribution >= 4 is 34.2 Å². The van der Waals surface area contributed by atoms with E-state index >= 15 is 0 Å². The number of aliphatic imine (C=N–C) groups is 1. The maximum Gasteiger partial charge on any atom is 0.418 e. The van der Waals surface area contributed by atoms with Gasteiger partial charge in [-0.2, -0.15) is 13.2 Å². The second kappa shape index (κ2) is 4.90. The highest BCUT2D eigenvalue weighted by molar-refractivity contribution is 8.14. The van der Waals surface area contributed by atoms with Crippen molar-refractivity contribution in [3.8, 4) is 0 Å². The summed E-state index contributed by atoms with van der Waals surface area (Å²) >= 11 is 7.03. The van der Waals surface area contributed by atoms with Crippen molar-refractivity contribution in [2.75, 3.05) is 11.1 Å². The molecule has 1 aromatic carbocycles. The van der Waals surface area contributed by atoms with E-state index in [4.69, 9.17) is 11.6 Å². The predicted molar refractivity (Wildman–Crippen MR) is 74.0 cm³/mol. The number of halogens is 4. The van der Waals surface area contributed by atoms with Crippen LogP contribution in [-0.2, 0) is 6.18 Å². The Morgan fingerprint density at radius 3 is 2.58 bits per heavy atom. The summed E-state index contributed by atoms with van der Waals surface area (Å²) in [6.07, 6.45) is -4.45. The van der Waals surface area contributed by atoms with Crippen molar-refractivity contribution in [1.29, 1.82) is 0 Å². The van der Waals surface area contributed by atoms with Crippen molar-refractivity contribution in [1.82, 2.24) is 0 Å². The first-order valence-electron chi connectivity index (χ1n) is 5.54. The van der Waals surface area contributed by atoms with Gasteiger partial charge < -0.3 is 5.32 Å². The first-order valence-corrected chi connectivity index (χ1v) is 6.90. The van der Waals surface area contributed by atoms with Gasteiger partial charge in [0.05, 0.1) is 16.8 Å². The molecule has 0 saturated carbocycles. The van der Waals surface area contributed by atoms with Crippen molar-refractivity contribution in [3.05, 3.63) is 28.8 Å². The minimum atomic E-state index is -4.45. The van der Waals surface area contributed by atoms with E-state index in [1.54, 1.807) is 0 Å². The first kappa shape index (κ1) is 14.5. The van der Waals surface area contributed by atoms with Crippen LogP contribution in [0.3, 0.4) is 0 Å². The number of benzene rings is 1. The minimum Gasteiger partial charge on any atom is -0.334 e. The van der Waals surface area contributed by atoms with E-state index < -0.39 is 11.7 Å². The van der Waals surface area contributed by atoms with Crippen LogP contribution in [0.15, 0.2) is 23.2 Å². The Morgan fingerprint density at radius 2 is 2.05 bits per heavy atom. The van der Waals surface area contributed by atoms with Gasteiger partial charge in [0.25, 0.3) is 0 Å². The van der Waals surface area contributed by atoms with Crippen LogP contribution in [0.4, 0.5) is 18.9 Å². The summed E-state index contributed by atoms with van der Waals surface area (Å²) in [6.45, 7) is 3.86. The smallest absolute Gasteiger partial charge is 0.334 e. The number of alkyl halides is 3. The Morgan fingerprint density at radius 1 is 1.37 bits per heavy atom. The second-order valence-corrected chi connectivity index (χ2v) is 6.23. The summed E-state index contributed by atoms with van der Waals surface area (Å²) in [6, 6.07) is 3.65. The van der Waals surface area contributed by atoms with Gasteiger partial charge in [-0.25, -0.2) is 0 Å². The number of hydrogen-bond acceptors (Lipinski definition) is 3. The van der Waals surface area contributed by atoms with E-state index in [0.29, 0.717) is 5.17 Å². The first-order chi connectivity index (χ1) is 8.67. The van der Waals surface area contributed by atoms with Crippen LogP contribution < -0.4 is 5.32 Å². The van der Waals surface area contributed by atoms with Crippen LogP contribution in [0.5, 0.6) is 0 Å². The third kappa shape index (κ3) is 3.57. The summed E-state index contributed by atoms with van der Waals surface area (Å²) < 4.78 is 38.7. The van der Waals surface area contributed by atoms with Crippen LogP contribution in [0, 0.1) is 0 Å². The molecule has 2 rings (SSSR count). The van der Waals surface area contributed by atoms with Crippen molar-refractivity contribution in [3.63, 3.8) is 0 Å². The van der Waals surface area contributed by atoms with Crippen LogP contribution in [0.25, 0.3) is 0 Å². The summed E-state index contributed by atoms with van der Waals surface area (Å²) in [4.78, 5) is 4.33.